The summed E-state index contributed by atoms with van der Waals surface area (Å²) in [5.41, 5.74) is 1.15. The van der Waals surface area contributed by atoms with Crippen molar-refractivity contribution >= 4 is 0 Å². The highest BCUT2D eigenvalue weighted by atomic mass is 16.5. The molecule has 1 saturated heterocycles. The van der Waals surface area contributed by atoms with Crippen LogP contribution in [0.2, 0.25) is 0 Å². The molecule has 2 aliphatic carbocycles. The zero-order valence-electron chi connectivity index (χ0n) is 16.8. The van der Waals surface area contributed by atoms with E-state index >= 15 is 0 Å². The standard InChI is InChI=1S/C22H32N2O3/c1-25-20-13-22(27-3)21(26-2)12-19(20)15-24-8-6-23(7-9-24)14-18-11-16-4-5-17(18)10-16/h4-5,12-13,16-18H,6-11,14-15H2,1-3H3/t16-,17-,18-/m1/s1. The molecule has 1 aromatic rings. The van der Waals surface area contributed by atoms with E-state index in [0.717, 1.165) is 67.5 Å². The second kappa shape index (κ2) is 8.11. The molecule has 1 heterocycles. The third-order valence-electron chi connectivity index (χ3n) is 6.55. The van der Waals surface area contributed by atoms with Crippen molar-refractivity contribution < 1.29 is 14.2 Å². The Hall–Kier alpha value is -1.72. The quantitative estimate of drug-likeness (QED) is 0.687. The van der Waals surface area contributed by atoms with Crippen LogP contribution in [0.15, 0.2) is 24.3 Å². The van der Waals surface area contributed by atoms with E-state index < -0.39 is 0 Å². The van der Waals surface area contributed by atoms with Crippen LogP contribution in [-0.2, 0) is 6.54 Å². The van der Waals surface area contributed by atoms with E-state index in [2.05, 4.69) is 22.0 Å². The summed E-state index contributed by atoms with van der Waals surface area (Å²) in [4.78, 5) is 5.18. The number of hydrogen-bond donors (Lipinski definition) is 0. The Labute approximate surface area is 162 Å². The van der Waals surface area contributed by atoms with Crippen LogP contribution in [-0.4, -0.2) is 63.9 Å². The molecule has 148 valence electrons. The van der Waals surface area contributed by atoms with E-state index in [1.54, 1.807) is 21.3 Å². The molecule has 0 radical (unpaired) electrons. The van der Waals surface area contributed by atoms with E-state index in [-0.39, 0.29) is 0 Å². The summed E-state index contributed by atoms with van der Waals surface area (Å²) in [6.07, 6.45) is 7.72. The van der Waals surface area contributed by atoms with E-state index in [1.807, 2.05) is 12.1 Å². The molecule has 0 N–H and O–H groups in total. The molecule has 2 fully saturated rings. The van der Waals surface area contributed by atoms with Crippen LogP contribution in [0.5, 0.6) is 17.2 Å². The Kier molecular flexibility index (Phi) is 5.60. The molecule has 2 bridgehead atoms. The number of benzene rings is 1. The Morgan fingerprint density at radius 3 is 2.07 bits per heavy atom. The smallest absolute Gasteiger partial charge is 0.164 e. The molecule has 0 spiro atoms. The van der Waals surface area contributed by atoms with Crippen molar-refractivity contribution in [3.63, 3.8) is 0 Å². The number of ether oxygens (including phenoxy) is 3. The highest BCUT2D eigenvalue weighted by molar-refractivity contribution is 5.50. The normalized spacial score (nSPS) is 27.9. The topological polar surface area (TPSA) is 34.2 Å². The van der Waals surface area contributed by atoms with Gasteiger partial charge in [-0.25, -0.2) is 0 Å². The van der Waals surface area contributed by atoms with Crippen molar-refractivity contribution in [2.75, 3.05) is 54.1 Å². The monoisotopic (exact) mass is 372 g/mol. The minimum Gasteiger partial charge on any atom is -0.496 e. The van der Waals surface area contributed by atoms with E-state index in [1.165, 1.54) is 19.4 Å². The Balaban J connectivity index is 1.33. The number of allylic oxidation sites excluding steroid dienone is 2. The largest absolute Gasteiger partial charge is 0.496 e. The SMILES string of the molecule is COc1cc(OC)c(OC)cc1CN1CCN(C[C@H]2C[C@@H]3C=C[C@@H]2C3)CC1. The Morgan fingerprint density at radius 2 is 1.48 bits per heavy atom. The van der Waals surface area contributed by atoms with Gasteiger partial charge in [-0.2, -0.15) is 0 Å². The number of methoxy groups -OCH3 is 3. The molecular formula is C22H32N2O3. The molecule has 4 rings (SSSR count). The summed E-state index contributed by atoms with van der Waals surface area (Å²) < 4.78 is 16.4. The van der Waals surface area contributed by atoms with Gasteiger partial charge < -0.3 is 19.1 Å². The van der Waals surface area contributed by atoms with Gasteiger partial charge in [0.1, 0.15) is 5.75 Å². The summed E-state index contributed by atoms with van der Waals surface area (Å²) in [6.45, 7) is 6.69. The van der Waals surface area contributed by atoms with Crippen LogP contribution >= 0.6 is 0 Å². The van der Waals surface area contributed by atoms with Gasteiger partial charge in [0.25, 0.3) is 0 Å². The Bertz CT molecular complexity index is 682. The number of hydrogen-bond acceptors (Lipinski definition) is 5. The zero-order valence-corrected chi connectivity index (χ0v) is 16.8. The van der Waals surface area contributed by atoms with Gasteiger partial charge in [0.15, 0.2) is 11.5 Å². The first-order chi connectivity index (χ1) is 13.2. The third-order valence-corrected chi connectivity index (χ3v) is 6.55. The average molecular weight is 373 g/mol. The fraction of sp³-hybridized carbons (Fsp3) is 0.636. The number of nitrogens with zero attached hydrogens (tertiary/aromatic N) is 2. The van der Waals surface area contributed by atoms with Gasteiger partial charge in [0.2, 0.25) is 0 Å². The van der Waals surface area contributed by atoms with Gasteiger partial charge in [-0.15, -0.1) is 0 Å². The van der Waals surface area contributed by atoms with Gasteiger partial charge in [-0.3, -0.25) is 4.90 Å². The number of piperazine rings is 1. The molecule has 27 heavy (non-hydrogen) atoms. The van der Waals surface area contributed by atoms with Crippen molar-refractivity contribution in [1.82, 2.24) is 9.80 Å². The minimum atomic E-state index is 0.711. The zero-order chi connectivity index (χ0) is 18.8. The van der Waals surface area contributed by atoms with E-state index in [9.17, 15) is 0 Å². The van der Waals surface area contributed by atoms with E-state index in [0.29, 0.717) is 5.75 Å². The van der Waals surface area contributed by atoms with Crippen molar-refractivity contribution in [3.8, 4) is 17.2 Å². The summed E-state index contributed by atoms with van der Waals surface area (Å²) in [7, 11) is 5.05. The second-order valence-corrected chi connectivity index (χ2v) is 8.14. The molecule has 0 unspecified atom stereocenters. The van der Waals surface area contributed by atoms with Gasteiger partial charge in [0, 0.05) is 50.9 Å². The fourth-order valence-corrected chi connectivity index (χ4v) is 5.02. The van der Waals surface area contributed by atoms with Gasteiger partial charge in [0.05, 0.1) is 21.3 Å². The molecule has 0 aromatic heterocycles. The van der Waals surface area contributed by atoms with Crippen molar-refractivity contribution in [2.45, 2.75) is 19.4 Å². The average Bonchev–Trinajstić information content (AvgIpc) is 3.32. The molecule has 3 atom stereocenters. The lowest BCUT2D eigenvalue weighted by Crippen LogP contribution is -2.47. The van der Waals surface area contributed by atoms with Crippen LogP contribution in [0.3, 0.4) is 0 Å². The summed E-state index contributed by atoms with van der Waals surface area (Å²) in [6, 6.07) is 3.97. The van der Waals surface area contributed by atoms with Gasteiger partial charge in [-0.1, -0.05) is 12.2 Å². The van der Waals surface area contributed by atoms with Gasteiger partial charge in [-0.05, 0) is 36.7 Å². The first kappa shape index (κ1) is 18.6. The maximum absolute atomic E-state index is 5.59. The van der Waals surface area contributed by atoms with Crippen LogP contribution in [0.25, 0.3) is 0 Å². The van der Waals surface area contributed by atoms with Crippen LogP contribution < -0.4 is 14.2 Å². The molecule has 0 amide bonds. The molecule has 5 nitrogen and oxygen atoms in total. The lowest BCUT2D eigenvalue weighted by molar-refractivity contribution is 0.108. The van der Waals surface area contributed by atoms with E-state index in [4.69, 9.17) is 14.2 Å². The van der Waals surface area contributed by atoms with Crippen LogP contribution in [0.4, 0.5) is 0 Å². The summed E-state index contributed by atoms with van der Waals surface area (Å²) in [5.74, 6) is 4.95. The molecule has 1 aromatic carbocycles. The number of rotatable bonds is 7. The molecular weight excluding hydrogens is 340 g/mol. The van der Waals surface area contributed by atoms with Crippen LogP contribution in [0, 0.1) is 17.8 Å². The number of fused-ring (bicyclic) bond motifs is 2. The maximum atomic E-state index is 5.59. The first-order valence-electron chi connectivity index (χ1n) is 10.1. The lowest BCUT2D eigenvalue weighted by Gasteiger charge is -2.37. The van der Waals surface area contributed by atoms with Crippen molar-refractivity contribution in [1.29, 1.82) is 0 Å². The lowest BCUT2D eigenvalue weighted by atomic mass is 9.93. The molecule has 1 aliphatic heterocycles. The third kappa shape index (κ3) is 3.94. The molecule has 5 heteroatoms. The second-order valence-electron chi connectivity index (χ2n) is 8.14. The molecule has 3 aliphatic rings. The summed E-state index contributed by atoms with van der Waals surface area (Å²) in [5, 5.41) is 0. The van der Waals surface area contributed by atoms with Crippen molar-refractivity contribution in [2.24, 2.45) is 17.8 Å². The predicted molar refractivity (Wildman–Crippen MR) is 107 cm³/mol. The molecule has 1 saturated carbocycles. The fourth-order valence-electron chi connectivity index (χ4n) is 5.02. The Morgan fingerprint density at radius 1 is 0.815 bits per heavy atom. The highest BCUT2D eigenvalue weighted by Gasteiger charge is 2.36. The minimum absolute atomic E-state index is 0.711. The van der Waals surface area contributed by atoms with Crippen LogP contribution in [0.1, 0.15) is 18.4 Å². The van der Waals surface area contributed by atoms with Crippen molar-refractivity contribution in [3.05, 3.63) is 29.8 Å². The van der Waals surface area contributed by atoms with Gasteiger partial charge >= 0.3 is 0 Å². The predicted octanol–water partition coefficient (Wildman–Crippen LogP) is 3.04. The summed E-state index contributed by atoms with van der Waals surface area (Å²) >= 11 is 0. The first-order valence-corrected chi connectivity index (χ1v) is 10.1. The highest BCUT2D eigenvalue weighted by Crippen LogP contribution is 2.43. The maximum Gasteiger partial charge on any atom is 0.164 e.